The predicted octanol–water partition coefficient (Wildman–Crippen LogP) is 6.92. The lowest BCUT2D eigenvalue weighted by atomic mass is 9.33. The molecule has 0 saturated carbocycles. The summed E-state index contributed by atoms with van der Waals surface area (Å²) in [5, 5.41) is 2.51. The van der Waals surface area contributed by atoms with Crippen molar-refractivity contribution in [2.45, 2.75) is 0 Å². The van der Waals surface area contributed by atoms with Crippen LogP contribution in [0.25, 0.3) is 10.8 Å². The highest BCUT2D eigenvalue weighted by molar-refractivity contribution is 7.00. The van der Waals surface area contributed by atoms with Crippen LogP contribution in [0.1, 0.15) is 0 Å². The van der Waals surface area contributed by atoms with E-state index in [4.69, 9.17) is 0 Å². The molecular weight excluding hydrogens is 447 g/mol. The van der Waals surface area contributed by atoms with Crippen LogP contribution >= 0.6 is 0 Å². The van der Waals surface area contributed by atoms with Gasteiger partial charge in [-0.15, -0.1) is 0 Å². The minimum absolute atomic E-state index is 0.176. The molecule has 0 atom stereocenters. The van der Waals surface area contributed by atoms with Gasteiger partial charge >= 0.3 is 0 Å². The van der Waals surface area contributed by atoms with E-state index < -0.39 is 0 Å². The van der Waals surface area contributed by atoms with Gasteiger partial charge in [0.1, 0.15) is 0 Å². The van der Waals surface area contributed by atoms with E-state index >= 15 is 0 Å². The van der Waals surface area contributed by atoms with E-state index in [0.29, 0.717) is 0 Å². The molecule has 0 unspecified atom stereocenters. The Bertz CT molecular complexity index is 1810. The SMILES string of the molecule is c1ccc(N2c3ccccc3B3c4ccccc4N(c4ccc5ccccc5c4)c4cccc2c43)cc1. The standard InChI is InChI=1S/C34H23BN2/c1-2-13-26(14-3-1)36-30-17-8-6-15-28(30)35-29-16-7-9-18-31(29)37(33-20-10-19-32(36)34(33)35)27-22-21-24-11-4-5-12-25(24)23-27/h1-23H. The molecule has 6 aromatic rings. The lowest BCUT2D eigenvalue weighted by molar-refractivity contribution is 1.26. The van der Waals surface area contributed by atoms with Gasteiger partial charge in [0.05, 0.1) is 0 Å². The van der Waals surface area contributed by atoms with E-state index in [1.807, 2.05) is 0 Å². The molecule has 2 aliphatic rings. The summed E-state index contributed by atoms with van der Waals surface area (Å²) in [6.45, 7) is 0.176. The number of anilines is 6. The number of fused-ring (bicyclic) bond motifs is 5. The molecule has 3 heteroatoms. The molecule has 2 heterocycles. The van der Waals surface area contributed by atoms with Crippen LogP contribution in [0.15, 0.2) is 140 Å². The topological polar surface area (TPSA) is 6.48 Å². The monoisotopic (exact) mass is 470 g/mol. The number of para-hydroxylation sites is 3. The molecule has 2 aliphatic heterocycles. The normalized spacial score (nSPS) is 13.2. The van der Waals surface area contributed by atoms with Crippen molar-refractivity contribution in [3.63, 3.8) is 0 Å². The summed E-state index contributed by atoms with van der Waals surface area (Å²) in [5.74, 6) is 0. The van der Waals surface area contributed by atoms with Crippen molar-refractivity contribution in [3.05, 3.63) is 140 Å². The third-order valence-electron chi connectivity index (χ3n) is 7.81. The van der Waals surface area contributed by atoms with Gasteiger partial charge in [0.2, 0.25) is 0 Å². The average molecular weight is 470 g/mol. The molecule has 37 heavy (non-hydrogen) atoms. The molecule has 0 fully saturated rings. The van der Waals surface area contributed by atoms with Crippen molar-refractivity contribution in [3.8, 4) is 0 Å². The minimum atomic E-state index is 0.176. The van der Waals surface area contributed by atoms with Crippen LogP contribution in [0.5, 0.6) is 0 Å². The maximum absolute atomic E-state index is 2.45. The van der Waals surface area contributed by atoms with Crippen LogP contribution in [0.2, 0.25) is 0 Å². The Morgan fingerprint density at radius 3 is 1.62 bits per heavy atom. The molecule has 8 rings (SSSR count). The number of benzene rings is 6. The van der Waals surface area contributed by atoms with Crippen molar-refractivity contribution in [1.82, 2.24) is 0 Å². The fourth-order valence-electron chi connectivity index (χ4n) is 6.28. The Hall–Kier alpha value is -4.76. The van der Waals surface area contributed by atoms with Crippen LogP contribution in [0, 0.1) is 0 Å². The maximum Gasteiger partial charge on any atom is 0.252 e. The van der Waals surface area contributed by atoms with Crippen molar-refractivity contribution in [1.29, 1.82) is 0 Å². The highest BCUT2D eigenvalue weighted by Crippen LogP contribution is 2.43. The second-order valence-corrected chi connectivity index (χ2v) is 9.80. The molecular formula is C34H23BN2. The largest absolute Gasteiger partial charge is 0.311 e. The van der Waals surface area contributed by atoms with Gasteiger partial charge in [-0.1, -0.05) is 91.0 Å². The van der Waals surface area contributed by atoms with Crippen LogP contribution in [-0.2, 0) is 0 Å². The molecule has 172 valence electrons. The lowest BCUT2D eigenvalue weighted by Crippen LogP contribution is -2.61. The van der Waals surface area contributed by atoms with E-state index in [0.717, 1.165) is 0 Å². The zero-order chi connectivity index (χ0) is 24.3. The maximum atomic E-state index is 2.45. The van der Waals surface area contributed by atoms with Crippen LogP contribution in [0.3, 0.4) is 0 Å². The molecule has 0 aliphatic carbocycles. The van der Waals surface area contributed by atoms with Crippen molar-refractivity contribution >= 4 is 68.0 Å². The van der Waals surface area contributed by atoms with E-state index in [9.17, 15) is 0 Å². The zero-order valence-electron chi connectivity index (χ0n) is 20.3. The molecule has 0 radical (unpaired) electrons. The van der Waals surface area contributed by atoms with Crippen LogP contribution < -0.4 is 26.2 Å². The lowest BCUT2D eigenvalue weighted by Gasteiger charge is -2.44. The number of nitrogens with zero attached hydrogens (tertiary/aromatic N) is 2. The first kappa shape index (κ1) is 20.4. The summed E-state index contributed by atoms with van der Waals surface area (Å²) in [4.78, 5) is 4.88. The Balaban J connectivity index is 1.44. The Morgan fingerprint density at radius 2 is 0.919 bits per heavy atom. The number of rotatable bonds is 2. The predicted molar refractivity (Wildman–Crippen MR) is 158 cm³/mol. The van der Waals surface area contributed by atoms with Crippen LogP contribution in [-0.4, -0.2) is 6.71 Å². The molecule has 0 amide bonds. The van der Waals surface area contributed by atoms with E-state index in [1.54, 1.807) is 0 Å². The molecule has 0 N–H and O–H groups in total. The Kier molecular flexibility index (Phi) is 4.35. The molecule has 2 nitrogen and oxygen atoms in total. The van der Waals surface area contributed by atoms with Gasteiger partial charge in [0.15, 0.2) is 0 Å². The zero-order valence-corrected chi connectivity index (χ0v) is 20.3. The second-order valence-electron chi connectivity index (χ2n) is 9.80. The number of hydrogen-bond acceptors (Lipinski definition) is 2. The summed E-state index contributed by atoms with van der Waals surface area (Å²) in [5.41, 5.74) is 11.4. The van der Waals surface area contributed by atoms with Crippen molar-refractivity contribution in [2.75, 3.05) is 9.80 Å². The van der Waals surface area contributed by atoms with E-state index in [1.165, 1.54) is 61.3 Å². The molecule has 0 saturated heterocycles. The van der Waals surface area contributed by atoms with Gasteiger partial charge in [0.25, 0.3) is 6.71 Å². The smallest absolute Gasteiger partial charge is 0.252 e. The fourth-order valence-corrected chi connectivity index (χ4v) is 6.28. The molecule has 0 bridgehead atoms. The van der Waals surface area contributed by atoms with Gasteiger partial charge in [-0.05, 0) is 75.7 Å². The second kappa shape index (κ2) is 7.87. The summed E-state index contributed by atoms with van der Waals surface area (Å²) < 4.78 is 0. The third kappa shape index (κ3) is 2.95. The van der Waals surface area contributed by atoms with E-state index in [2.05, 4.69) is 149 Å². The summed E-state index contributed by atoms with van der Waals surface area (Å²) >= 11 is 0. The fraction of sp³-hybridized carbons (Fsp3) is 0. The average Bonchev–Trinajstić information content (AvgIpc) is 2.97. The third-order valence-corrected chi connectivity index (χ3v) is 7.81. The molecule has 0 aromatic heterocycles. The van der Waals surface area contributed by atoms with Gasteiger partial charge in [-0.2, -0.15) is 0 Å². The van der Waals surface area contributed by atoms with Gasteiger partial charge in [-0.3, -0.25) is 0 Å². The molecule has 0 spiro atoms. The quantitative estimate of drug-likeness (QED) is 0.253. The molecule has 6 aromatic carbocycles. The summed E-state index contributed by atoms with van der Waals surface area (Å²) in [6, 6.07) is 50.7. The van der Waals surface area contributed by atoms with Gasteiger partial charge in [0, 0.05) is 34.1 Å². The summed E-state index contributed by atoms with van der Waals surface area (Å²) in [6.07, 6.45) is 0. The van der Waals surface area contributed by atoms with Gasteiger partial charge in [-0.25, -0.2) is 0 Å². The first-order valence-corrected chi connectivity index (χ1v) is 12.8. The first-order chi connectivity index (χ1) is 18.4. The Morgan fingerprint density at radius 1 is 0.378 bits per heavy atom. The van der Waals surface area contributed by atoms with E-state index in [-0.39, 0.29) is 6.71 Å². The highest BCUT2D eigenvalue weighted by Gasteiger charge is 2.42. The highest BCUT2D eigenvalue weighted by atomic mass is 15.2. The van der Waals surface area contributed by atoms with Crippen molar-refractivity contribution in [2.24, 2.45) is 0 Å². The Labute approximate surface area is 217 Å². The minimum Gasteiger partial charge on any atom is -0.311 e. The summed E-state index contributed by atoms with van der Waals surface area (Å²) in [7, 11) is 0. The van der Waals surface area contributed by atoms with Gasteiger partial charge < -0.3 is 9.80 Å². The van der Waals surface area contributed by atoms with Crippen LogP contribution in [0.4, 0.5) is 34.1 Å². The number of hydrogen-bond donors (Lipinski definition) is 0. The van der Waals surface area contributed by atoms with Crippen molar-refractivity contribution < 1.29 is 0 Å². The first-order valence-electron chi connectivity index (χ1n) is 12.8.